The van der Waals surface area contributed by atoms with Crippen molar-refractivity contribution >= 4 is 23.2 Å². The van der Waals surface area contributed by atoms with Gasteiger partial charge in [-0.1, -0.05) is 44.9 Å². The first kappa shape index (κ1) is 18.6. The van der Waals surface area contributed by atoms with Gasteiger partial charge in [-0.15, -0.1) is 0 Å². The van der Waals surface area contributed by atoms with E-state index in [1.165, 1.54) is 18.9 Å². The maximum atomic E-state index is 13.5. The van der Waals surface area contributed by atoms with E-state index in [0.29, 0.717) is 35.0 Å². The molecule has 0 bridgehead atoms. The van der Waals surface area contributed by atoms with E-state index in [0.717, 1.165) is 6.42 Å². The van der Waals surface area contributed by atoms with Crippen LogP contribution in [-0.2, 0) is 11.2 Å². The summed E-state index contributed by atoms with van der Waals surface area (Å²) in [5, 5.41) is 3.71. The van der Waals surface area contributed by atoms with Crippen LogP contribution in [0.2, 0.25) is 0 Å². The van der Waals surface area contributed by atoms with E-state index in [-0.39, 0.29) is 18.1 Å². The standard InChI is InChI=1S/C18H26FN3OS/c1-12-6-5-9-16(13(12)2)20-18(24)22-21-17(23)11-10-14-7-3-4-8-15(14)19/h3-4,7-8,12-13,16H,5-6,9-11H2,1-2H3,(H,21,23)(H2,20,22,24)/t12-,13-,16+/m1/s1. The molecule has 4 nitrogen and oxygen atoms in total. The van der Waals surface area contributed by atoms with Crippen LogP contribution in [0.25, 0.3) is 0 Å². The molecule has 6 heteroatoms. The molecule has 24 heavy (non-hydrogen) atoms. The molecule has 0 spiro atoms. The number of hydrazine groups is 1. The normalized spacial score (nSPS) is 23.4. The van der Waals surface area contributed by atoms with Crippen LogP contribution in [0.15, 0.2) is 24.3 Å². The Morgan fingerprint density at radius 3 is 2.75 bits per heavy atom. The number of carbonyl (C=O) groups excluding carboxylic acids is 1. The summed E-state index contributed by atoms with van der Waals surface area (Å²) < 4.78 is 13.5. The molecule has 0 unspecified atom stereocenters. The van der Waals surface area contributed by atoms with Crippen molar-refractivity contribution in [2.24, 2.45) is 11.8 Å². The van der Waals surface area contributed by atoms with Gasteiger partial charge < -0.3 is 5.32 Å². The van der Waals surface area contributed by atoms with Crippen LogP contribution in [-0.4, -0.2) is 17.1 Å². The quantitative estimate of drug-likeness (QED) is 0.576. The average Bonchev–Trinajstić information content (AvgIpc) is 2.56. The molecule has 132 valence electrons. The third-order valence-electron chi connectivity index (χ3n) is 4.92. The molecule has 2 rings (SSSR count). The van der Waals surface area contributed by atoms with Crippen LogP contribution in [0.5, 0.6) is 0 Å². The first-order chi connectivity index (χ1) is 11.5. The topological polar surface area (TPSA) is 53.2 Å². The molecule has 1 fully saturated rings. The Kier molecular flexibility index (Phi) is 6.97. The minimum atomic E-state index is -0.282. The molecule has 3 atom stereocenters. The number of benzene rings is 1. The summed E-state index contributed by atoms with van der Waals surface area (Å²) in [5.74, 6) is 0.730. The Bertz CT molecular complexity index is 581. The summed E-state index contributed by atoms with van der Waals surface area (Å²) in [6, 6.07) is 6.83. The number of carbonyl (C=O) groups is 1. The van der Waals surface area contributed by atoms with Crippen LogP contribution in [0.3, 0.4) is 0 Å². The second kappa shape index (κ2) is 8.97. The zero-order chi connectivity index (χ0) is 17.5. The minimum Gasteiger partial charge on any atom is -0.358 e. The Balaban J connectivity index is 1.69. The number of amides is 1. The first-order valence-electron chi connectivity index (χ1n) is 8.56. The van der Waals surface area contributed by atoms with E-state index in [1.54, 1.807) is 18.2 Å². The van der Waals surface area contributed by atoms with Gasteiger partial charge in [0.2, 0.25) is 5.91 Å². The summed E-state index contributed by atoms with van der Waals surface area (Å²) in [7, 11) is 0. The molecule has 1 aromatic rings. The summed E-state index contributed by atoms with van der Waals surface area (Å²) in [6.45, 7) is 4.50. The molecule has 3 N–H and O–H groups in total. The fourth-order valence-electron chi connectivity index (χ4n) is 3.13. The van der Waals surface area contributed by atoms with E-state index in [4.69, 9.17) is 12.2 Å². The molecule has 1 saturated carbocycles. The number of aryl methyl sites for hydroxylation is 1. The molecule has 1 aliphatic carbocycles. The highest BCUT2D eigenvalue weighted by atomic mass is 32.1. The van der Waals surface area contributed by atoms with Crippen LogP contribution < -0.4 is 16.2 Å². The fraction of sp³-hybridized carbons (Fsp3) is 0.556. The van der Waals surface area contributed by atoms with Crippen molar-refractivity contribution in [2.75, 3.05) is 0 Å². The lowest BCUT2D eigenvalue weighted by Gasteiger charge is -2.35. The van der Waals surface area contributed by atoms with Gasteiger partial charge in [0.15, 0.2) is 5.11 Å². The fourth-order valence-corrected chi connectivity index (χ4v) is 3.33. The number of nitrogens with one attached hydrogen (secondary N) is 3. The molecule has 1 amide bonds. The van der Waals surface area contributed by atoms with Gasteiger partial charge in [0.1, 0.15) is 5.82 Å². The smallest absolute Gasteiger partial charge is 0.238 e. The largest absolute Gasteiger partial charge is 0.358 e. The van der Waals surface area contributed by atoms with Gasteiger partial charge in [-0.3, -0.25) is 15.6 Å². The molecular formula is C18H26FN3OS. The molecule has 1 aromatic carbocycles. The van der Waals surface area contributed by atoms with Crippen molar-refractivity contribution in [3.8, 4) is 0 Å². The zero-order valence-corrected chi connectivity index (χ0v) is 15.1. The van der Waals surface area contributed by atoms with Crippen molar-refractivity contribution in [3.63, 3.8) is 0 Å². The molecule has 0 aromatic heterocycles. The zero-order valence-electron chi connectivity index (χ0n) is 14.3. The second-order valence-electron chi connectivity index (χ2n) is 6.61. The third-order valence-corrected chi connectivity index (χ3v) is 5.14. The van der Waals surface area contributed by atoms with Crippen LogP contribution in [0, 0.1) is 17.7 Å². The van der Waals surface area contributed by atoms with Crippen LogP contribution >= 0.6 is 12.2 Å². The predicted octanol–water partition coefficient (Wildman–Crippen LogP) is 3.08. The van der Waals surface area contributed by atoms with Gasteiger partial charge in [-0.2, -0.15) is 0 Å². The summed E-state index contributed by atoms with van der Waals surface area (Å²) in [6.07, 6.45) is 4.10. The van der Waals surface area contributed by atoms with Gasteiger partial charge in [0, 0.05) is 12.5 Å². The van der Waals surface area contributed by atoms with Crippen molar-refractivity contribution in [1.29, 1.82) is 0 Å². The van der Waals surface area contributed by atoms with Gasteiger partial charge in [-0.05, 0) is 48.5 Å². The summed E-state index contributed by atoms with van der Waals surface area (Å²) in [5.41, 5.74) is 5.86. The van der Waals surface area contributed by atoms with Gasteiger partial charge in [-0.25, -0.2) is 4.39 Å². The van der Waals surface area contributed by atoms with Crippen molar-refractivity contribution < 1.29 is 9.18 Å². The molecule has 0 radical (unpaired) electrons. The third kappa shape index (κ3) is 5.44. The van der Waals surface area contributed by atoms with E-state index in [2.05, 4.69) is 30.0 Å². The lowest BCUT2D eigenvalue weighted by atomic mass is 9.78. The highest BCUT2D eigenvalue weighted by molar-refractivity contribution is 7.80. The molecule has 0 aliphatic heterocycles. The highest BCUT2D eigenvalue weighted by Gasteiger charge is 2.27. The maximum Gasteiger partial charge on any atom is 0.238 e. The van der Waals surface area contributed by atoms with Crippen LogP contribution in [0.4, 0.5) is 4.39 Å². The lowest BCUT2D eigenvalue weighted by molar-refractivity contribution is -0.121. The Morgan fingerprint density at radius 2 is 2.00 bits per heavy atom. The molecule has 1 aliphatic rings. The Labute approximate surface area is 148 Å². The van der Waals surface area contributed by atoms with Crippen molar-refractivity contribution in [1.82, 2.24) is 16.2 Å². The van der Waals surface area contributed by atoms with E-state index in [1.807, 2.05) is 0 Å². The highest BCUT2D eigenvalue weighted by Crippen LogP contribution is 2.29. The van der Waals surface area contributed by atoms with E-state index in [9.17, 15) is 9.18 Å². The number of thiocarbonyl (C=S) groups is 1. The molecular weight excluding hydrogens is 325 g/mol. The Hall–Kier alpha value is -1.69. The summed E-state index contributed by atoms with van der Waals surface area (Å²) in [4.78, 5) is 11.9. The molecule has 0 saturated heterocycles. The van der Waals surface area contributed by atoms with Gasteiger partial charge in [0.05, 0.1) is 0 Å². The maximum absolute atomic E-state index is 13.5. The number of hydrogen-bond acceptors (Lipinski definition) is 2. The van der Waals surface area contributed by atoms with Gasteiger partial charge in [0.25, 0.3) is 0 Å². The lowest BCUT2D eigenvalue weighted by Crippen LogP contribution is -2.52. The molecule has 0 heterocycles. The van der Waals surface area contributed by atoms with Crippen LogP contribution in [0.1, 0.15) is 45.1 Å². The summed E-state index contributed by atoms with van der Waals surface area (Å²) >= 11 is 5.25. The van der Waals surface area contributed by atoms with E-state index >= 15 is 0 Å². The van der Waals surface area contributed by atoms with Crippen molar-refractivity contribution in [3.05, 3.63) is 35.6 Å². The number of rotatable bonds is 4. The number of hydrogen-bond donors (Lipinski definition) is 3. The average molecular weight is 351 g/mol. The first-order valence-corrected chi connectivity index (χ1v) is 8.97. The monoisotopic (exact) mass is 351 g/mol. The number of halogens is 1. The van der Waals surface area contributed by atoms with Crippen molar-refractivity contribution in [2.45, 2.75) is 52.0 Å². The Morgan fingerprint density at radius 1 is 1.25 bits per heavy atom. The van der Waals surface area contributed by atoms with E-state index < -0.39 is 0 Å². The second-order valence-corrected chi connectivity index (χ2v) is 7.02. The predicted molar refractivity (Wildman–Crippen MR) is 97.7 cm³/mol. The minimum absolute atomic E-state index is 0.202. The SMILES string of the molecule is C[C@@H]1[C@H](C)CCC[C@@H]1NC(=S)NNC(=O)CCc1ccccc1F. The van der Waals surface area contributed by atoms with Gasteiger partial charge >= 0.3 is 0 Å².